The van der Waals surface area contributed by atoms with Crippen LogP contribution < -0.4 is 16.0 Å². The van der Waals surface area contributed by atoms with Gasteiger partial charge in [-0.1, -0.05) is 31.9 Å². The van der Waals surface area contributed by atoms with E-state index in [2.05, 4.69) is 44.9 Å². The van der Waals surface area contributed by atoms with E-state index in [1.165, 1.54) is 36.9 Å². The maximum Gasteiger partial charge on any atom is 0.239 e. The van der Waals surface area contributed by atoms with Crippen molar-refractivity contribution < 1.29 is 9.59 Å². The normalized spacial score (nSPS) is 14.5. The van der Waals surface area contributed by atoms with Crippen molar-refractivity contribution in [2.24, 2.45) is 5.92 Å². The molecular weight excluding hydrogens is 426 g/mol. The molecule has 1 aliphatic carbocycles. The molecule has 1 heterocycles. The Bertz CT molecular complexity index is 763. The van der Waals surface area contributed by atoms with Crippen molar-refractivity contribution >= 4 is 12.3 Å². The molecule has 3 N–H and O–H groups in total. The summed E-state index contributed by atoms with van der Waals surface area (Å²) in [6.45, 7) is 6.85. The summed E-state index contributed by atoms with van der Waals surface area (Å²) >= 11 is 0. The third kappa shape index (κ3) is 10.2. The van der Waals surface area contributed by atoms with Gasteiger partial charge in [0.15, 0.2) is 0 Å². The minimum atomic E-state index is 0.0772. The summed E-state index contributed by atoms with van der Waals surface area (Å²) in [6.07, 6.45) is 14.6. The summed E-state index contributed by atoms with van der Waals surface area (Å²) < 4.78 is 0. The fourth-order valence-corrected chi connectivity index (χ4v) is 4.35. The van der Waals surface area contributed by atoms with Crippen molar-refractivity contribution in [3.63, 3.8) is 0 Å². The van der Waals surface area contributed by atoms with Crippen LogP contribution in [-0.2, 0) is 22.4 Å². The number of rotatable bonds is 19. The lowest BCUT2D eigenvalue weighted by Gasteiger charge is -2.30. The number of hydrogen-bond acceptors (Lipinski definition) is 5. The van der Waals surface area contributed by atoms with Crippen LogP contribution in [0.3, 0.4) is 0 Å². The lowest BCUT2D eigenvalue weighted by Crippen LogP contribution is -2.43. The number of unbranched alkanes of at least 4 members (excludes halogenated alkanes) is 2. The standard InChI is InChI=1S/C27H45N5O2/c1-4-6-7-14-25(32(3)20-26(34)29-5-2)27(23-15-16-23)31-19-9-12-22-11-8-18-30-24(22)13-10-17-28-21-33/h8,11,14,18,21,23,27,31H,4-7,9-10,12-13,15-17,19-20H2,1-3H3,(H,28,33)(H,29,34)/b25-14+. The molecule has 0 saturated heterocycles. The van der Waals surface area contributed by atoms with Crippen LogP contribution in [0.15, 0.2) is 30.1 Å². The Morgan fingerprint density at radius 1 is 1.21 bits per heavy atom. The molecule has 0 bridgehead atoms. The van der Waals surface area contributed by atoms with Crippen molar-refractivity contribution in [2.45, 2.75) is 77.7 Å². The highest BCUT2D eigenvalue weighted by Crippen LogP contribution is 2.36. The molecular formula is C27H45N5O2. The van der Waals surface area contributed by atoms with Crippen LogP contribution in [0.5, 0.6) is 0 Å². The molecule has 0 aromatic carbocycles. The average Bonchev–Trinajstić information content (AvgIpc) is 3.66. The molecule has 1 aliphatic rings. The number of pyridine rings is 1. The zero-order valence-corrected chi connectivity index (χ0v) is 21.4. The van der Waals surface area contributed by atoms with E-state index in [1.807, 2.05) is 26.2 Å². The van der Waals surface area contributed by atoms with Crippen molar-refractivity contribution in [1.82, 2.24) is 25.8 Å². The third-order valence-electron chi connectivity index (χ3n) is 6.31. The highest BCUT2D eigenvalue weighted by Gasteiger charge is 2.34. The molecule has 2 amide bonds. The van der Waals surface area contributed by atoms with Gasteiger partial charge in [0, 0.05) is 43.8 Å². The van der Waals surface area contributed by atoms with Crippen LogP contribution in [0.25, 0.3) is 0 Å². The second-order valence-corrected chi connectivity index (χ2v) is 9.24. The molecule has 7 nitrogen and oxygen atoms in total. The van der Waals surface area contributed by atoms with E-state index < -0.39 is 0 Å². The lowest BCUT2D eigenvalue weighted by molar-refractivity contribution is -0.121. The van der Waals surface area contributed by atoms with Crippen LogP contribution in [0.1, 0.15) is 70.1 Å². The zero-order chi connectivity index (χ0) is 24.6. The van der Waals surface area contributed by atoms with Gasteiger partial charge < -0.3 is 20.9 Å². The summed E-state index contributed by atoms with van der Waals surface area (Å²) in [6, 6.07) is 4.48. The number of carbonyl (C=O) groups excluding carboxylic acids is 2. The summed E-state index contributed by atoms with van der Waals surface area (Å²) in [5.41, 5.74) is 3.70. The van der Waals surface area contributed by atoms with Crippen LogP contribution in [0.2, 0.25) is 0 Å². The fourth-order valence-electron chi connectivity index (χ4n) is 4.35. The third-order valence-corrected chi connectivity index (χ3v) is 6.31. The number of hydrogen-bond donors (Lipinski definition) is 3. The highest BCUT2D eigenvalue weighted by atomic mass is 16.2. The molecule has 1 fully saturated rings. The van der Waals surface area contributed by atoms with E-state index in [9.17, 15) is 9.59 Å². The maximum atomic E-state index is 12.2. The molecule has 0 aliphatic heterocycles. The molecule has 1 atom stereocenters. The Balaban J connectivity index is 1.94. The number of allylic oxidation sites excluding steroid dienone is 1. The van der Waals surface area contributed by atoms with Gasteiger partial charge in [0.1, 0.15) is 0 Å². The average molecular weight is 472 g/mol. The number of likely N-dealkylation sites (N-methyl/N-ethyl adjacent to an activating group) is 2. The SMILES string of the molecule is CCCC/C=C(\C(NCCCc1cccnc1CCCNC=O)C1CC1)N(C)CC(=O)NCC. The minimum absolute atomic E-state index is 0.0772. The number of aromatic nitrogens is 1. The monoisotopic (exact) mass is 471 g/mol. The van der Waals surface area contributed by atoms with Crippen LogP contribution in [-0.4, -0.2) is 61.5 Å². The van der Waals surface area contributed by atoms with Crippen molar-refractivity contribution in [2.75, 3.05) is 33.2 Å². The second kappa shape index (κ2) is 16.3. The molecule has 2 rings (SSSR count). The number of nitrogens with one attached hydrogen (secondary N) is 3. The lowest BCUT2D eigenvalue weighted by atomic mass is 10.0. The molecule has 1 unspecified atom stereocenters. The van der Waals surface area contributed by atoms with Gasteiger partial charge in [0.05, 0.1) is 6.54 Å². The molecule has 190 valence electrons. The zero-order valence-electron chi connectivity index (χ0n) is 21.4. The first-order valence-corrected chi connectivity index (χ1v) is 13.1. The summed E-state index contributed by atoms with van der Waals surface area (Å²) in [7, 11) is 2.05. The van der Waals surface area contributed by atoms with Gasteiger partial charge in [-0.2, -0.15) is 0 Å². The van der Waals surface area contributed by atoms with E-state index in [-0.39, 0.29) is 5.91 Å². The Kier molecular flexibility index (Phi) is 13.3. The first-order chi connectivity index (χ1) is 16.6. The van der Waals surface area contributed by atoms with Crippen molar-refractivity contribution in [3.8, 4) is 0 Å². The molecule has 1 aromatic rings. The minimum Gasteiger partial charge on any atom is -0.368 e. The topological polar surface area (TPSA) is 86.4 Å². The molecule has 7 heteroatoms. The van der Waals surface area contributed by atoms with Crippen LogP contribution in [0, 0.1) is 5.92 Å². The molecule has 34 heavy (non-hydrogen) atoms. The van der Waals surface area contributed by atoms with Crippen LogP contribution >= 0.6 is 0 Å². The molecule has 1 saturated carbocycles. The van der Waals surface area contributed by atoms with Gasteiger partial charge >= 0.3 is 0 Å². The highest BCUT2D eigenvalue weighted by molar-refractivity contribution is 5.78. The number of aryl methyl sites for hydroxylation is 2. The number of amides is 2. The van der Waals surface area contributed by atoms with Crippen molar-refractivity contribution in [1.29, 1.82) is 0 Å². The van der Waals surface area contributed by atoms with E-state index in [0.29, 0.717) is 31.6 Å². The summed E-state index contributed by atoms with van der Waals surface area (Å²) in [5, 5.41) is 9.48. The van der Waals surface area contributed by atoms with Gasteiger partial charge in [0.25, 0.3) is 0 Å². The van der Waals surface area contributed by atoms with Gasteiger partial charge in [-0.3, -0.25) is 14.6 Å². The fraction of sp³-hybridized carbons (Fsp3) is 0.667. The Morgan fingerprint density at radius 3 is 2.71 bits per heavy atom. The van der Waals surface area contributed by atoms with E-state index in [1.54, 1.807) is 0 Å². The van der Waals surface area contributed by atoms with Gasteiger partial charge in [-0.05, 0) is 76.0 Å². The van der Waals surface area contributed by atoms with Gasteiger partial charge in [-0.15, -0.1) is 0 Å². The number of nitrogens with zero attached hydrogens (tertiary/aromatic N) is 2. The first-order valence-electron chi connectivity index (χ1n) is 13.1. The Morgan fingerprint density at radius 2 is 2.00 bits per heavy atom. The van der Waals surface area contributed by atoms with E-state index in [0.717, 1.165) is 50.8 Å². The van der Waals surface area contributed by atoms with Gasteiger partial charge in [-0.25, -0.2) is 0 Å². The van der Waals surface area contributed by atoms with E-state index >= 15 is 0 Å². The Hall–Kier alpha value is -2.41. The smallest absolute Gasteiger partial charge is 0.239 e. The largest absolute Gasteiger partial charge is 0.368 e. The summed E-state index contributed by atoms with van der Waals surface area (Å²) in [4.78, 5) is 29.4. The van der Waals surface area contributed by atoms with Gasteiger partial charge in [0.2, 0.25) is 12.3 Å². The molecule has 0 radical (unpaired) electrons. The first kappa shape index (κ1) is 27.8. The number of carbonyl (C=O) groups is 2. The van der Waals surface area contributed by atoms with E-state index in [4.69, 9.17) is 0 Å². The maximum absolute atomic E-state index is 12.2. The Labute approximate surface area is 206 Å². The predicted octanol–water partition coefficient (Wildman–Crippen LogP) is 3.20. The van der Waals surface area contributed by atoms with Crippen molar-refractivity contribution in [3.05, 3.63) is 41.4 Å². The summed E-state index contributed by atoms with van der Waals surface area (Å²) in [5.74, 6) is 0.734. The predicted molar refractivity (Wildman–Crippen MR) is 138 cm³/mol. The molecule has 0 spiro atoms. The molecule has 1 aromatic heterocycles. The second-order valence-electron chi connectivity index (χ2n) is 9.24. The van der Waals surface area contributed by atoms with Crippen LogP contribution in [0.4, 0.5) is 0 Å². The quantitative estimate of drug-likeness (QED) is 0.213.